The Labute approximate surface area is 221 Å². The van der Waals surface area contributed by atoms with Crippen LogP contribution in [-0.2, 0) is 22.7 Å². The molecule has 0 radical (unpaired) electrons. The number of nitrogens with zero attached hydrogens (tertiary/aromatic N) is 5. The number of nitroso groups, excluding NO2 is 1. The summed E-state index contributed by atoms with van der Waals surface area (Å²) in [6.07, 6.45) is 1.43. The lowest BCUT2D eigenvalue weighted by Gasteiger charge is -2.33. The van der Waals surface area contributed by atoms with Gasteiger partial charge in [0.15, 0.2) is 5.82 Å². The molecule has 2 aliphatic heterocycles. The maximum atomic E-state index is 12.9. The quantitative estimate of drug-likeness (QED) is 0.436. The largest absolute Gasteiger partial charge is 0.392 e. The Morgan fingerprint density at radius 3 is 2.29 bits per heavy atom. The summed E-state index contributed by atoms with van der Waals surface area (Å²) in [4.78, 5) is 37.6. The molecule has 198 valence electrons. The molecular formula is C28H32N6O4. The van der Waals surface area contributed by atoms with Crippen LogP contribution in [0.3, 0.4) is 0 Å². The lowest BCUT2D eigenvalue weighted by molar-refractivity contribution is -0.120. The van der Waals surface area contributed by atoms with Crippen LogP contribution in [0.2, 0.25) is 0 Å². The summed E-state index contributed by atoms with van der Waals surface area (Å²) in [7, 11) is 0. The first-order valence-corrected chi connectivity index (χ1v) is 13.0. The highest BCUT2D eigenvalue weighted by molar-refractivity contribution is 5.92. The monoisotopic (exact) mass is 516 g/mol. The topological polar surface area (TPSA) is 120 Å². The van der Waals surface area contributed by atoms with Crippen molar-refractivity contribution in [1.82, 2.24) is 9.97 Å². The maximum Gasteiger partial charge on any atom is 0.227 e. The van der Waals surface area contributed by atoms with E-state index in [1.807, 2.05) is 30.3 Å². The molecule has 38 heavy (non-hydrogen) atoms. The van der Waals surface area contributed by atoms with Crippen molar-refractivity contribution in [3.8, 4) is 11.4 Å². The van der Waals surface area contributed by atoms with E-state index < -0.39 is 0 Å². The number of morpholine rings is 1. The molecule has 2 saturated heterocycles. The van der Waals surface area contributed by atoms with Gasteiger partial charge in [-0.25, -0.2) is 9.97 Å². The smallest absolute Gasteiger partial charge is 0.227 e. The molecule has 0 bridgehead atoms. The van der Waals surface area contributed by atoms with Gasteiger partial charge in [-0.3, -0.25) is 4.79 Å². The van der Waals surface area contributed by atoms with Crippen molar-refractivity contribution >= 4 is 23.2 Å². The highest BCUT2D eigenvalue weighted by Gasteiger charge is 2.27. The number of benzene rings is 2. The molecule has 2 aromatic carbocycles. The number of carbonyl (C=O) groups excluding carboxylic acids is 1. The van der Waals surface area contributed by atoms with Crippen molar-refractivity contribution in [3.63, 3.8) is 0 Å². The number of anilines is 3. The average molecular weight is 517 g/mol. The van der Waals surface area contributed by atoms with Gasteiger partial charge in [-0.1, -0.05) is 35.5 Å². The Balaban J connectivity index is 1.30. The number of aliphatic hydroxyl groups excluding tert-OH is 1. The second-order valence-electron chi connectivity index (χ2n) is 9.60. The number of carbonyl (C=O) groups is 1. The van der Waals surface area contributed by atoms with Crippen molar-refractivity contribution in [1.29, 1.82) is 0 Å². The zero-order valence-electron chi connectivity index (χ0n) is 21.3. The van der Waals surface area contributed by atoms with E-state index in [9.17, 15) is 14.8 Å². The minimum Gasteiger partial charge on any atom is -0.392 e. The first-order valence-electron chi connectivity index (χ1n) is 13.0. The van der Waals surface area contributed by atoms with Gasteiger partial charge in [-0.15, -0.1) is 0 Å². The number of piperidine rings is 1. The van der Waals surface area contributed by atoms with Gasteiger partial charge in [-0.2, -0.15) is 4.91 Å². The molecule has 1 aromatic heterocycles. The lowest BCUT2D eigenvalue weighted by Crippen LogP contribution is -2.39. The van der Waals surface area contributed by atoms with E-state index in [0.29, 0.717) is 50.7 Å². The number of hydrogen-bond acceptors (Lipinski definition) is 9. The van der Waals surface area contributed by atoms with Crippen molar-refractivity contribution < 1.29 is 14.6 Å². The molecule has 0 aliphatic carbocycles. The average Bonchev–Trinajstić information content (AvgIpc) is 2.98. The van der Waals surface area contributed by atoms with Gasteiger partial charge in [0.05, 0.1) is 19.8 Å². The van der Waals surface area contributed by atoms with Gasteiger partial charge in [0.2, 0.25) is 5.91 Å². The third kappa shape index (κ3) is 6.15. The molecule has 0 spiro atoms. The minimum atomic E-state index is -0.0937. The third-order valence-corrected chi connectivity index (χ3v) is 7.06. The summed E-state index contributed by atoms with van der Waals surface area (Å²) in [5.74, 6) is 2.22. The van der Waals surface area contributed by atoms with Crippen LogP contribution < -0.4 is 15.1 Å². The highest BCUT2D eigenvalue weighted by atomic mass is 16.5. The highest BCUT2D eigenvalue weighted by Crippen LogP contribution is 2.29. The van der Waals surface area contributed by atoms with Crippen LogP contribution in [0.5, 0.6) is 0 Å². The van der Waals surface area contributed by atoms with Gasteiger partial charge in [0.25, 0.3) is 0 Å². The van der Waals surface area contributed by atoms with E-state index in [2.05, 4.69) is 20.3 Å². The molecule has 10 heteroatoms. The molecule has 2 N–H and O–H groups in total. The number of aliphatic hydroxyl groups is 1. The number of hydrogen-bond donors (Lipinski definition) is 2. The predicted octanol–water partition coefficient (Wildman–Crippen LogP) is 3.59. The van der Waals surface area contributed by atoms with Crippen LogP contribution in [0.15, 0.2) is 59.8 Å². The van der Waals surface area contributed by atoms with Crippen LogP contribution >= 0.6 is 0 Å². The molecule has 5 rings (SSSR count). The summed E-state index contributed by atoms with van der Waals surface area (Å²) in [5, 5.41) is 15.5. The third-order valence-electron chi connectivity index (χ3n) is 7.06. The molecular weight excluding hydrogens is 484 g/mol. The summed E-state index contributed by atoms with van der Waals surface area (Å²) in [5.41, 5.74) is 3.20. The van der Waals surface area contributed by atoms with Crippen LogP contribution in [-0.4, -0.2) is 60.4 Å². The van der Waals surface area contributed by atoms with Crippen molar-refractivity contribution in [2.24, 2.45) is 11.1 Å². The van der Waals surface area contributed by atoms with E-state index in [1.165, 1.54) is 0 Å². The van der Waals surface area contributed by atoms with Crippen LogP contribution in [0.4, 0.5) is 17.3 Å². The summed E-state index contributed by atoms with van der Waals surface area (Å²) >= 11 is 0. The fourth-order valence-electron chi connectivity index (χ4n) is 4.86. The van der Waals surface area contributed by atoms with Gasteiger partial charge in [0, 0.05) is 49.4 Å². The van der Waals surface area contributed by atoms with Gasteiger partial charge in [-0.05, 0) is 42.2 Å². The fraction of sp³-hybridized carbons (Fsp3) is 0.393. The zero-order valence-corrected chi connectivity index (χ0v) is 21.3. The van der Waals surface area contributed by atoms with Crippen LogP contribution in [0, 0.1) is 10.8 Å². The molecule has 0 atom stereocenters. The summed E-state index contributed by atoms with van der Waals surface area (Å²) < 4.78 is 5.53. The normalized spacial score (nSPS) is 16.3. The number of amides is 1. The van der Waals surface area contributed by atoms with Crippen LogP contribution in [0.1, 0.15) is 24.0 Å². The predicted molar refractivity (Wildman–Crippen MR) is 146 cm³/mol. The van der Waals surface area contributed by atoms with E-state index in [0.717, 1.165) is 41.4 Å². The SMILES string of the molecule is O=NCc1ccc(NC(=O)C2CCN(c3cc(N4CCOCC4)nc(-c4cccc(CO)c4)n3)CC2)cc1. The number of ether oxygens (including phenoxy) is 1. The number of rotatable bonds is 8. The minimum absolute atomic E-state index is 0.00381. The Bertz CT molecular complexity index is 1250. The molecule has 1 amide bonds. The number of nitrogens with one attached hydrogen (secondary N) is 1. The second-order valence-corrected chi connectivity index (χ2v) is 9.60. The van der Waals surface area contributed by atoms with Crippen molar-refractivity contribution in [2.45, 2.75) is 26.0 Å². The molecule has 3 aromatic rings. The van der Waals surface area contributed by atoms with Gasteiger partial charge in [0.1, 0.15) is 18.2 Å². The van der Waals surface area contributed by atoms with Crippen LogP contribution in [0.25, 0.3) is 11.4 Å². The van der Waals surface area contributed by atoms with E-state index in [1.54, 1.807) is 24.3 Å². The lowest BCUT2D eigenvalue weighted by atomic mass is 9.95. The second kappa shape index (κ2) is 12.1. The molecule has 3 heterocycles. The number of aromatic nitrogens is 2. The molecule has 0 saturated carbocycles. The first-order chi connectivity index (χ1) is 18.6. The summed E-state index contributed by atoms with van der Waals surface area (Å²) in [6, 6.07) is 16.9. The van der Waals surface area contributed by atoms with E-state index in [4.69, 9.17) is 14.7 Å². The van der Waals surface area contributed by atoms with E-state index >= 15 is 0 Å². The van der Waals surface area contributed by atoms with Gasteiger partial charge >= 0.3 is 0 Å². The Morgan fingerprint density at radius 2 is 1.63 bits per heavy atom. The fourth-order valence-corrected chi connectivity index (χ4v) is 4.86. The molecule has 2 aliphatic rings. The first kappa shape index (κ1) is 25.7. The molecule has 0 unspecified atom stereocenters. The van der Waals surface area contributed by atoms with Crippen molar-refractivity contribution in [2.75, 3.05) is 54.5 Å². The Hall–Kier alpha value is -3.89. The van der Waals surface area contributed by atoms with Crippen molar-refractivity contribution in [3.05, 3.63) is 70.6 Å². The maximum absolute atomic E-state index is 12.9. The zero-order chi connectivity index (χ0) is 26.3. The van der Waals surface area contributed by atoms with E-state index in [-0.39, 0.29) is 25.0 Å². The Kier molecular flexibility index (Phi) is 8.20. The molecule has 2 fully saturated rings. The standard InChI is InChI=1S/C28H32N6O4/c35-19-21-2-1-3-23(16-21)27-31-25(17-26(32-27)34-12-14-38-15-13-34)33-10-8-22(9-11-33)28(36)30-24-6-4-20(5-7-24)18-29-37/h1-7,16-17,22,35H,8-15,18-19H2,(H,30,36). The molecule has 10 nitrogen and oxygen atoms in total. The summed E-state index contributed by atoms with van der Waals surface area (Å²) in [6.45, 7) is 4.34. The Morgan fingerprint density at radius 1 is 0.947 bits per heavy atom. The van der Waals surface area contributed by atoms with Gasteiger partial charge < -0.3 is 25.0 Å².